The number of hydrogen-bond acceptors (Lipinski definition) is 2. The van der Waals surface area contributed by atoms with Crippen molar-refractivity contribution in [1.29, 1.82) is 0 Å². The number of rotatable bonds is 4. The van der Waals surface area contributed by atoms with Crippen LogP contribution in [0.2, 0.25) is 0 Å². The molecule has 0 unspecified atom stereocenters. The summed E-state index contributed by atoms with van der Waals surface area (Å²) in [5.41, 5.74) is 1.99. The zero-order valence-corrected chi connectivity index (χ0v) is 10.9. The Morgan fingerprint density at radius 1 is 1.35 bits per heavy atom. The molecular weight excluding hydrogens is 214 g/mol. The first-order valence-corrected chi connectivity index (χ1v) is 5.79. The highest BCUT2D eigenvalue weighted by molar-refractivity contribution is 5.88. The van der Waals surface area contributed by atoms with Gasteiger partial charge in [-0.2, -0.15) is 0 Å². The lowest BCUT2D eigenvalue weighted by molar-refractivity contribution is 0.230. The van der Waals surface area contributed by atoms with Crippen LogP contribution in [0.4, 0.5) is 10.5 Å². The summed E-state index contributed by atoms with van der Waals surface area (Å²) in [6, 6.07) is 8.20. The smallest absolute Gasteiger partial charge is 0.321 e. The SMILES string of the molecule is CC(C)NCc1cccc(NC(=O)N(C)C)c1. The van der Waals surface area contributed by atoms with Gasteiger partial charge in [0.05, 0.1) is 0 Å². The van der Waals surface area contributed by atoms with Gasteiger partial charge in [-0.25, -0.2) is 4.79 Å². The quantitative estimate of drug-likeness (QED) is 0.841. The van der Waals surface area contributed by atoms with Crippen molar-refractivity contribution in [1.82, 2.24) is 10.2 Å². The van der Waals surface area contributed by atoms with Crippen molar-refractivity contribution in [3.63, 3.8) is 0 Å². The van der Waals surface area contributed by atoms with Crippen molar-refractivity contribution in [3.05, 3.63) is 29.8 Å². The largest absolute Gasteiger partial charge is 0.331 e. The van der Waals surface area contributed by atoms with Crippen LogP contribution in [0.1, 0.15) is 19.4 Å². The van der Waals surface area contributed by atoms with Gasteiger partial charge >= 0.3 is 6.03 Å². The van der Waals surface area contributed by atoms with Gasteiger partial charge in [0.1, 0.15) is 0 Å². The Balaban J connectivity index is 2.62. The molecule has 0 saturated heterocycles. The van der Waals surface area contributed by atoms with E-state index in [1.807, 2.05) is 24.3 Å². The minimum Gasteiger partial charge on any atom is -0.331 e. The van der Waals surface area contributed by atoms with E-state index in [4.69, 9.17) is 0 Å². The molecule has 2 N–H and O–H groups in total. The van der Waals surface area contributed by atoms with Crippen LogP contribution in [0, 0.1) is 0 Å². The Labute approximate surface area is 103 Å². The molecule has 0 fully saturated rings. The minimum absolute atomic E-state index is 0.112. The fourth-order valence-electron chi connectivity index (χ4n) is 1.32. The topological polar surface area (TPSA) is 44.4 Å². The summed E-state index contributed by atoms with van der Waals surface area (Å²) in [5.74, 6) is 0. The Morgan fingerprint density at radius 2 is 2.06 bits per heavy atom. The normalized spacial score (nSPS) is 10.4. The van der Waals surface area contributed by atoms with Gasteiger partial charge in [0.2, 0.25) is 0 Å². The summed E-state index contributed by atoms with van der Waals surface area (Å²) in [4.78, 5) is 13.0. The van der Waals surface area contributed by atoms with Crippen LogP contribution < -0.4 is 10.6 Å². The highest BCUT2D eigenvalue weighted by Crippen LogP contribution is 2.11. The monoisotopic (exact) mass is 235 g/mol. The van der Waals surface area contributed by atoms with Crippen LogP contribution in [0.3, 0.4) is 0 Å². The highest BCUT2D eigenvalue weighted by atomic mass is 16.2. The number of carbonyl (C=O) groups excluding carboxylic acids is 1. The predicted octanol–water partition coefficient (Wildman–Crippen LogP) is 2.28. The maximum Gasteiger partial charge on any atom is 0.321 e. The van der Waals surface area contributed by atoms with Crippen molar-refractivity contribution in [2.75, 3.05) is 19.4 Å². The summed E-state index contributed by atoms with van der Waals surface area (Å²) in [5, 5.41) is 6.17. The second kappa shape index (κ2) is 6.25. The number of anilines is 1. The molecule has 0 aliphatic carbocycles. The van der Waals surface area contributed by atoms with Crippen molar-refractivity contribution >= 4 is 11.7 Å². The van der Waals surface area contributed by atoms with Gasteiger partial charge in [-0.05, 0) is 17.7 Å². The molecule has 0 spiro atoms. The third kappa shape index (κ3) is 4.87. The van der Waals surface area contributed by atoms with E-state index in [0.717, 1.165) is 17.8 Å². The molecule has 1 aromatic rings. The molecule has 17 heavy (non-hydrogen) atoms. The molecule has 0 atom stereocenters. The zero-order valence-electron chi connectivity index (χ0n) is 10.9. The second-order valence-corrected chi connectivity index (χ2v) is 4.56. The summed E-state index contributed by atoms with van der Waals surface area (Å²) in [7, 11) is 3.44. The molecule has 4 heteroatoms. The van der Waals surface area contributed by atoms with Gasteiger partial charge in [0, 0.05) is 32.4 Å². The summed E-state index contributed by atoms with van der Waals surface area (Å²) in [6.07, 6.45) is 0. The molecule has 1 rings (SSSR count). The van der Waals surface area contributed by atoms with Crippen molar-refractivity contribution in [2.24, 2.45) is 0 Å². The van der Waals surface area contributed by atoms with Crippen LogP contribution in [-0.2, 0) is 6.54 Å². The van der Waals surface area contributed by atoms with E-state index >= 15 is 0 Å². The maximum atomic E-state index is 11.5. The Kier molecular flexibility index (Phi) is 4.97. The minimum atomic E-state index is -0.112. The molecule has 1 aromatic carbocycles. The van der Waals surface area contributed by atoms with Crippen LogP contribution in [-0.4, -0.2) is 31.1 Å². The number of benzene rings is 1. The van der Waals surface area contributed by atoms with Gasteiger partial charge in [-0.3, -0.25) is 0 Å². The Morgan fingerprint density at radius 3 is 2.65 bits per heavy atom. The van der Waals surface area contributed by atoms with Crippen LogP contribution >= 0.6 is 0 Å². The summed E-state index contributed by atoms with van der Waals surface area (Å²) in [6.45, 7) is 5.03. The maximum absolute atomic E-state index is 11.5. The lowest BCUT2D eigenvalue weighted by atomic mass is 10.2. The first-order valence-electron chi connectivity index (χ1n) is 5.79. The number of nitrogens with one attached hydrogen (secondary N) is 2. The number of hydrogen-bond donors (Lipinski definition) is 2. The van der Waals surface area contributed by atoms with E-state index in [2.05, 4.69) is 24.5 Å². The molecule has 0 heterocycles. The van der Waals surface area contributed by atoms with Gasteiger partial charge in [-0.1, -0.05) is 26.0 Å². The van der Waals surface area contributed by atoms with Gasteiger partial charge < -0.3 is 15.5 Å². The molecule has 0 aliphatic heterocycles. The third-order valence-corrected chi connectivity index (χ3v) is 2.30. The molecule has 4 nitrogen and oxygen atoms in total. The summed E-state index contributed by atoms with van der Waals surface area (Å²) >= 11 is 0. The number of amides is 2. The van der Waals surface area contributed by atoms with Crippen molar-refractivity contribution < 1.29 is 4.79 Å². The molecule has 0 radical (unpaired) electrons. The molecular formula is C13H21N3O. The predicted molar refractivity (Wildman–Crippen MR) is 71.1 cm³/mol. The first-order chi connectivity index (χ1) is 7.99. The molecule has 2 amide bonds. The molecule has 0 aromatic heterocycles. The highest BCUT2D eigenvalue weighted by Gasteiger charge is 2.04. The number of carbonyl (C=O) groups is 1. The Bertz CT molecular complexity index is 375. The van der Waals surface area contributed by atoms with E-state index in [0.29, 0.717) is 6.04 Å². The van der Waals surface area contributed by atoms with E-state index in [9.17, 15) is 4.79 Å². The average Bonchev–Trinajstić information content (AvgIpc) is 2.26. The Hall–Kier alpha value is -1.55. The van der Waals surface area contributed by atoms with Crippen molar-refractivity contribution in [2.45, 2.75) is 26.4 Å². The summed E-state index contributed by atoms with van der Waals surface area (Å²) < 4.78 is 0. The van der Waals surface area contributed by atoms with Gasteiger partial charge in [0.15, 0.2) is 0 Å². The van der Waals surface area contributed by atoms with Crippen molar-refractivity contribution in [3.8, 4) is 0 Å². The molecule has 0 saturated carbocycles. The zero-order chi connectivity index (χ0) is 12.8. The van der Waals surface area contributed by atoms with Crippen LogP contribution in [0.15, 0.2) is 24.3 Å². The number of urea groups is 1. The molecule has 0 aliphatic rings. The fraction of sp³-hybridized carbons (Fsp3) is 0.462. The lowest BCUT2D eigenvalue weighted by Crippen LogP contribution is -2.27. The third-order valence-electron chi connectivity index (χ3n) is 2.30. The molecule has 0 bridgehead atoms. The average molecular weight is 235 g/mol. The van der Waals surface area contributed by atoms with E-state index in [1.165, 1.54) is 4.90 Å². The van der Waals surface area contributed by atoms with Gasteiger partial charge in [0.25, 0.3) is 0 Å². The first kappa shape index (κ1) is 13.5. The number of nitrogens with zero attached hydrogens (tertiary/aromatic N) is 1. The second-order valence-electron chi connectivity index (χ2n) is 4.56. The van der Waals surface area contributed by atoms with E-state index in [-0.39, 0.29) is 6.03 Å². The lowest BCUT2D eigenvalue weighted by Gasteiger charge is -2.13. The van der Waals surface area contributed by atoms with Crippen LogP contribution in [0.5, 0.6) is 0 Å². The molecule has 94 valence electrons. The van der Waals surface area contributed by atoms with Gasteiger partial charge in [-0.15, -0.1) is 0 Å². The van der Waals surface area contributed by atoms with E-state index in [1.54, 1.807) is 14.1 Å². The standard InChI is InChI=1S/C13H21N3O/c1-10(2)14-9-11-6-5-7-12(8-11)15-13(17)16(3)4/h5-8,10,14H,9H2,1-4H3,(H,15,17). The fourth-order valence-corrected chi connectivity index (χ4v) is 1.32. The van der Waals surface area contributed by atoms with E-state index < -0.39 is 0 Å². The van der Waals surface area contributed by atoms with Crippen LogP contribution in [0.25, 0.3) is 0 Å².